The molecule has 0 aliphatic carbocycles. The van der Waals surface area contributed by atoms with Gasteiger partial charge in [-0.1, -0.05) is 11.6 Å². The molecule has 1 fully saturated rings. The molecule has 0 saturated carbocycles. The summed E-state index contributed by atoms with van der Waals surface area (Å²) in [5.74, 6) is 0.690. The van der Waals surface area contributed by atoms with Crippen LogP contribution in [0.3, 0.4) is 0 Å². The number of thioether (sulfide) groups is 1. The fourth-order valence-electron chi connectivity index (χ4n) is 2.71. The van der Waals surface area contributed by atoms with Crippen LogP contribution < -0.4 is 5.32 Å². The quantitative estimate of drug-likeness (QED) is 0.923. The van der Waals surface area contributed by atoms with Crippen LogP contribution in [0.15, 0.2) is 23.1 Å². The molecule has 20 heavy (non-hydrogen) atoms. The molecule has 1 aromatic rings. The van der Waals surface area contributed by atoms with E-state index < -0.39 is 5.79 Å². The Morgan fingerprint density at radius 2 is 2.30 bits per heavy atom. The van der Waals surface area contributed by atoms with Crippen LogP contribution in [0, 0.1) is 0 Å². The van der Waals surface area contributed by atoms with Crippen LogP contribution in [0.4, 0.5) is 0 Å². The van der Waals surface area contributed by atoms with E-state index in [4.69, 9.17) is 21.1 Å². The van der Waals surface area contributed by atoms with Gasteiger partial charge in [0.2, 0.25) is 0 Å². The summed E-state index contributed by atoms with van der Waals surface area (Å²) in [5.41, 5.74) is 1.31. The van der Waals surface area contributed by atoms with E-state index in [1.807, 2.05) is 31.7 Å². The third-order valence-corrected chi connectivity index (χ3v) is 5.03. The average Bonchev–Trinajstić information content (AvgIpc) is 2.76. The van der Waals surface area contributed by atoms with Gasteiger partial charge in [0.05, 0.1) is 12.7 Å². The Hall–Kier alpha value is -0.260. The van der Waals surface area contributed by atoms with Gasteiger partial charge in [-0.25, -0.2) is 0 Å². The molecule has 0 aromatic heterocycles. The summed E-state index contributed by atoms with van der Waals surface area (Å²) in [6.45, 7) is 5.38. The smallest absolute Gasteiger partial charge is 0.163 e. The molecule has 1 saturated heterocycles. The molecular weight excluding hydrogens is 294 g/mol. The average molecular weight is 314 g/mol. The lowest BCUT2D eigenvalue weighted by Crippen LogP contribution is -2.34. The third-order valence-electron chi connectivity index (χ3n) is 3.67. The van der Waals surface area contributed by atoms with Gasteiger partial charge in [-0.2, -0.15) is 0 Å². The predicted octanol–water partition coefficient (Wildman–Crippen LogP) is 3.62. The number of rotatable bonds is 3. The monoisotopic (exact) mass is 313 g/mol. The summed E-state index contributed by atoms with van der Waals surface area (Å²) >= 11 is 8.03. The van der Waals surface area contributed by atoms with E-state index in [1.165, 1.54) is 10.5 Å². The predicted molar refractivity (Wildman–Crippen MR) is 82.4 cm³/mol. The molecule has 3 nitrogen and oxygen atoms in total. The van der Waals surface area contributed by atoms with Crippen molar-refractivity contribution in [2.45, 2.75) is 43.1 Å². The highest BCUT2D eigenvalue weighted by molar-refractivity contribution is 7.99. The SMILES string of the molecule is CC1(C)OCC(CNC2CCSc3ccc(Cl)cc32)O1. The summed E-state index contributed by atoms with van der Waals surface area (Å²) in [6, 6.07) is 6.52. The standard InChI is InChI=1S/C15H20ClNO2S/c1-15(2)18-9-11(19-15)8-17-13-5-6-20-14-4-3-10(16)7-12(13)14/h3-4,7,11,13,17H,5-6,8-9H2,1-2H3. The normalized spacial score (nSPS) is 28.4. The molecule has 2 heterocycles. The maximum absolute atomic E-state index is 6.12. The minimum atomic E-state index is -0.448. The van der Waals surface area contributed by atoms with Gasteiger partial charge in [0.15, 0.2) is 5.79 Å². The maximum Gasteiger partial charge on any atom is 0.163 e. The first-order valence-corrected chi connectivity index (χ1v) is 8.37. The summed E-state index contributed by atoms with van der Waals surface area (Å²) in [7, 11) is 0. The van der Waals surface area contributed by atoms with Gasteiger partial charge < -0.3 is 14.8 Å². The molecule has 2 atom stereocenters. The molecule has 3 rings (SSSR count). The van der Waals surface area contributed by atoms with Gasteiger partial charge in [-0.05, 0) is 49.8 Å². The van der Waals surface area contributed by atoms with Crippen molar-refractivity contribution >= 4 is 23.4 Å². The molecule has 1 aromatic carbocycles. The molecule has 110 valence electrons. The first-order valence-electron chi connectivity index (χ1n) is 7.01. The molecule has 5 heteroatoms. The summed E-state index contributed by atoms with van der Waals surface area (Å²) in [6.07, 6.45) is 1.25. The van der Waals surface area contributed by atoms with Crippen molar-refractivity contribution in [1.29, 1.82) is 0 Å². The van der Waals surface area contributed by atoms with Gasteiger partial charge in [0.1, 0.15) is 0 Å². The summed E-state index contributed by atoms with van der Waals surface area (Å²) < 4.78 is 11.4. The summed E-state index contributed by atoms with van der Waals surface area (Å²) in [4.78, 5) is 1.34. The molecule has 1 N–H and O–H groups in total. The van der Waals surface area contributed by atoms with Crippen molar-refractivity contribution in [1.82, 2.24) is 5.32 Å². The van der Waals surface area contributed by atoms with Crippen molar-refractivity contribution in [3.63, 3.8) is 0 Å². The Kier molecular flexibility index (Phi) is 4.29. The zero-order chi connectivity index (χ0) is 14.2. The number of hydrogen-bond acceptors (Lipinski definition) is 4. The highest BCUT2D eigenvalue weighted by atomic mass is 35.5. The Balaban J connectivity index is 1.63. The van der Waals surface area contributed by atoms with Gasteiger partial charge in [0, 0.05) is 22.5 Å². The molecule has 0 amide bonds. The number of nitrogens with one attached hydrogen (secondary N) is 1. The largest absolute Gasteiger partial charge is 0.348 e. The summed E-state index contributed by atoms with van der Waals surface area (Å²) in [5, 5.41) is 4.41. The second kappa shape index (κ2) is 5.85. The molecular formula is C15H20ClNO2S. The third kappa shape index (κ3) is 3.31. The maximum atomic E-state index is 6.12. The Labute approximate surface area is 129 Å². The topological polar surface area (TPSA) is 30.5 Å². The van der Waals surface area contributed by atoms with E-state index in [1.54, 1.807) is 0 Å². The van der Waals surface area contributed by atoms with E-state index in [9.17, 15) is 0 Å². The molecule has 0 spiro atoms. The number of hydrogen-bond donors (Lipinski definition) is 1. The van der Waals surface area contributed by atoms with Crippen LogP contribution in [0.1, 0.15) is 31.9 Å². The van der Waals surface area contributed by atoms with Gasteiger partial charge >= 0.3 is 0 Å². The number of fused-ring (bicyclic) bond motifs is 1. The first kappa shape index (κ1) is 14.7. The number of ether oxygens (including phenoxy) is 2. The number of halogens is 1. The van der Waals surface area contributed by atoms with Gasteiger partial charge in [-0.3, -0.25) is 0 Å². The van der Waals surface area contributed by atoms with Gasteiger partial charge in [0.25, 0.3) is 0 Å². The van der Waals surface area contributed by atoms with Crippen molar-refractivity contribution in [2.75, 3.05) is 18.9 Å². The second-order valence-electron chi connectivity index (χ2n) is 5.73. The van der Waals surface area contributed by atoms with Crippen LogP contribution in [-0.4, -0.2) is 30.8 Å². The lowest BCUT2D eigenvalue weighted by Gasteiger charge is -2.27. The number of benzene rings is 1. The Morgan fingerprint density at radius 1 is 1.45 bits per heavy atom. The van der Waals surface area contributed by atoms with Crippen LogP contribution >= 0.6 is 23.4 Å². The molecule has 2 unspecified atom stereocenters. The highest BCUT2D eigenvalue weighted by Crippen LogP contribution is 2.37. The fraction of sp³-hybridized carbons (Fsp3) is 0.600. The highest BCUT2D eigenvalue weighted by Gasteiger charge is 2.33. The van der Waals surface area contributed by atoms with Gasteiger partial charge in [-0.15, -0.1) is 11.8 Å². The van der Waals surface area contributed by atoms with E-state index in [0.29, 0.717) is 12.6 Å². The van der Waals surface area contributed by atoms with E-state index in [2.05, 4.69) is 17.4 Å². The van der Waals surface area contributed by atoms with Crippen LogP contribution in [-0.2, 0) is 9.47 Å². The second-order valence-corrected chi connectivity index (χ2v) is 7.30. The van der Waals surface area contributed by atoms with Crippen molar-refractivity contribution in [3.05, 3.63) is 28.8 Å². The minimum absolute atomic E-state index is 0.127. The zero-order valence-electron chi connectivity index (χ0n) is 11.8. The van der Waals surface area contributed by atoms with E-state index in [-0.39, 0.29) is 6.10 Å². The minimum Gasteiger partial charge on any atom is -0.348 e. The van der Waals surface area contributed by atoms with Crippen molar-refractivity contribution in [2.24, 2.45) is 0 Å². The molecule has 0 radical (unpaired) electrons. The van der Waals surface area contributed by atoms with Crippen LogP contribution in [0.5, 0.6) is 0 Å². The lowest BCUT2D eigenvalue weighted by molar-refractivity contribution is -0.137. The molecule has 0 bridgehead atoms. The first-order chi connectivity index (χ1) is 9.53. The van der Waals surface area contributed by atoms with E-state index in [0.717, 1.165) is 23.7 Å². The zero-order valence-corrected chi connectivity index (χ0v) is 13.4. The van der Waals surface area contributed by atoms with Crippen LogP contribution in [0.2, 0.25) is 5.02 Å². The molecule has 2 aliphatic rings. The van der Waals surface area contributed by atoms with Crippen molar-refractivity contribution in [3.8, 4) is 0 Å². The Bertz CT molecular complexity index is 495. The Morgan fingerprint density at radius 3 is 3.05 bits per heavy atom. The lowest BCUT2D eigenvalue weighted by atomic mass is 10.0. The van der Waals surface area contributed by atoms with Crippen LogP contribution in [0.25, 0.3) is 0 Å². The molecule has 2 aliphatic heterocycles. The fourth-order valence-corrected chi connectivity index (χ4v) is 4.00. The van der Waals surface area contributed by atoms with Crippen molar-refractivity contribution < 1.29 is 9.47 Å². The van der Waals surface area contributed by atoms with E-state index >= 15 is 0 Å².